The second-order valence-electron chi connectivity index (χ2n) is 4.16. The van der Waals surface area contributed by atoms with E-state index >= 15 is 0 Å². The van der Waals surface area contributed by atoms with Gasteiger partial charge in [-0.3, -0.25) is 6.08 Å². The van der Waals surface area contributed by atoms with Gasteiger partial charge in [0.15, 0.2) is 0 Å². The van der Waals surface area contributed by atoms with E-state index < -0.39 is 0 Å². The summed E-state index contributed by atoms with van der Waals surface area (Å²) in [6.45, 7) is 4.25. The molecule has 0 nitrogen and oxygen atoms in total. The third-order valence-electron chi connectivity index (χ3n) is 2.13. The fraction of sp³-hybridized carbons (Fsp3) is 0.176. The Balaban J connectivity index is 0.000000280. The van der Waals surface area contributed by atoms with Gasteiger partial charge in [-0.15, -0.1) is 48.5 Å². The summed E-state index contributed by atoms with van der Waals surface area (Å²) < 4.78 is 1.51. The first-order valence-electron chi connectivity index (χ1n) is 6.04. The van der Waals surface area contributed by atoms with Crippen LogP contribution >= 0.6 is 12.4 Å². The van der Waals surface area contributed by atoms with Gasteiger partial charge < -0.3 is 0 Å². The summed E-state index contributed by atoms with van der Waals surface area (Å²) in [5.74, 6) is 0. The van der Waals surface area contributed by atoms with Crippen LogP contribution in [0.3, 0.4) is 0 Å². The minimum Gasteiger partial charge on any atom is -0.273 e. The Bertz CT molecular complexity index is 491. The van der Waals surface area contributed by atoms with Gasteiger partial charge >= 0.3 is 41.3 Å². The van der Waals surface area contributed by atoms with Gasteiger partial charge in [0.1, 0.15) is 0 Å². The Morgan fingerprint density at radius 1 is 1.21 bits per heavy atom. The summed E-state index contributed by atoms with van der Waals surface area (Å²) >= 11 is 1.55. The molecule has 0 atom stereocenters. The standard InChI is InChI=1S/C9H7.C5H5.C3H6.ClH.Zr/c1-2-5-9-7-3-6-8(9)4-1;1-2-4-5-3-1;1-3-2;;/h1-7H;1-3H,4H2;1-2H3;1H;/q2*-1;;;+2. The predicted octanol–water partition coefficient (Wildman–Crippen LogP) is 5.03. The Morgan fingerprint density at radius 3 is 2.37 bits per heavy atom. The molecule has 0 amide bonds. The van der Waals surface area contributed by atoms with Crippen molar-refractivity contribution in [3.63, 3.8) is 0 Å². The van der Waals surface area contributed by atoms with Crippen LogP contribution in [0.1, 0.15) is 20.3 Å². The largest absolute Gasteiger partial charge is 0.273 e. The van der Waals surface area contributed by atoms with E-state index in [9.17, 15) is 0 Å². The molecule has 19 heavy (non-hydrogen) atoms. The van der Waals surface area contributed by atoms with Crippen molar-refractivity contribution in [1.82, 2.24) is 0 Å². The van der Waals surface area contributed by atoms with Gasteiger partial charge in [-0.2, -0.15) is 23.6 Å². The Kier molecular flexibility index (Phi) is 10.8. The summed E-state index contributed by atoms with van der Waals surface area (Å²) in [6, 6.07) is 14.7. The van der Waals surface area contributed by atoms with E-state index in [4.69, 9.17) is 0 Å². The van der Waals surface area contributed by atoms with Gasteiger partial charge in [0.25, 0.3) is 0 Å². The Hall–Kier alpha value is -0.647. The molecule has 1 aliphatic carbocycles. The molecular weight excluding hydrogens is 331 g/mol. The summed E-state index contributed by atoms with van der Waals surface area (Å²) in [5.41, 5.74) is 0. The predicted molar refractivity (Wildman–Crippen MR) is 84.7 cm³/mol. The Morgan fingerprint density at radius 2 is 1.89 bits per heavy atom. The summed E-state index contributed by atoms with van der Waals surface area (Å²) in [7, 11) is 0. The molecule has 2 heteroatoms. The first-order valence-corrected chi connectivity index (χ1v) is 7.27. The molecule has 0 saturated heterocycles. The van der Waals surface area contributed by atoms with E-state index in [1.54, 1.807) is 24.2 Å². The van der Waals surface area contributed by atoms with Gasteiger partial charge in [-0.1, -0.05) is 6.07 Å². The van der Waals surface area contributed by atoms with Gasteiger partial charge in [-0.25, -0.2) is 12.2 Å². The molecule has 3 rings (SSSR count). The van der Waals surface area contributed by atoms with Gasteiger partial charge in [0.05, 0.1) is 0 Å². The molecule has 0 unspecified atom stereocenters. The van der Waals surface area contributed by atoms with Crippen LogP contribution in [0.25, 0.3) is 10.8 Å². The SMILES string of the molecule is C[C](C)=[Zr+2].Cl.[C-]1=CC=CC1.c1ccc2[cH-]ccc2c1. The molecule has 0 bridgehead atoms. The van der Waals surface area contributed by atoms with Crippen LogP contribution in [0.5, 0.6) is 0 Å². The second kappa shape index (κ2) is 11.2. The van der Waals surface area contributed by atoms with Crippen molar-refractivity contribution in [3.8, 4) is 0 Å². The number of fused-ring (bicyclic) bond motifs is 1. The molecule has 0 spiro atoms. The quantitative estimate of drug-likeness (QED) is 0.585. The normalized spacial score (nSPS) is 10.9. The number of benzene rings is 1. The first-order chi connectivity index (χ1) is 8.70. The molecule has 1 aliphatic rings. The van der Waals surface area contributed by atoms with Crippen molar-refractivity contribution >= 4 is 26.4 Å². The molecule has 0 radical (unpaired) electrons. The molecule has 0 saturated carbocycles. The van der Waals surface area contributed by atoms with Crippen LogP contribution in [0.15, 0.2) is 60.7 Å². The van der Waals surface area contributed by atoms with Crippen LogP contribution < -0.4 is 0 Å². The Labute approximate surface area is 137 Å². The van der Waals surface area contributed by atoms with Crippen LogP contribution in [-0.4, -0.2) is 3.21 Å². The number of hydrogen-bond donors (Lipinski definition) is 0. The van der Waals surface area contributed by atoms with E-state index in [1.807, 2.05) is 12.2 Å². The average molecular weight is 350 g/mol. The van der Waals surface area contributed by atoms with Crippen molar-refractivity contribution in [2.45, 2.75) is 20.3 Å². The maximum Gasteiger partial charge on any atom is -0.0809 e. The summed E-state index contributed by atoms with van der Waals surface area (Å²) in [5, 5.41) is 2.66. The van der Waals surface area contributed by atoms with Crippen molar-refractivity contribution in [2.24, 2.45) is 0 Å². The van der Waals surface area contributed by atoms with Crippen molar-refractivity contribution < 1.29 is 24.2 Å². The third kappa shape index (κ3) is 8.97. The maximum absolute atomic E-state index is 2.99. The molecule has 98 valence electrons. The average Bonchev–Trinajstić information content (AvgIpc) is 3.03. The van der Waals surface area contributed by atoms with Gasteiger partial charge in [-0.05, 0) is 0 Å². The second-order valence-corrected chi connectivity index (χ2v) is 6.62. The fourth-order valence-electron chi connectivity index (χ4n) is 1.41. The van der Waals surface area contributed by atoms with Crippen molar-refractivity contribution in [1.29, 1.82) is 0 Å². The van der Waals surface area contributed by atoms with Crippen LogP contribution in [0, 0.1) is 6.08 Å². The molecule has 2 aromatic carbocycles. The van der Waals surface area contributed by atoms with E-state index in [2.05, 4.69) is 68.5 Å². The van der Waals surface area contributed by atoms with Crippen LogP contribution in [-0.2, 0) is 24.2 Å². The maximum atomic E-state index is 2.99. The number of halogens is 1. The third-order valence-corrected chi connectivity index (χ3v) is 2.13. The molecule has 0 fully saturated rings. The minimum atomic E-state index is 0. The van der Waals surface area contributed by atoms with Crippen LogP contribution in [0.4, 0.5) is 0 Å². The van der Waals surface area contributed by atoms with E-state index in [-0.39, 0.29) is 12.4 Å². The van der Waals surface area contributed by atoms with E-state index in [0.29, 0.717) is 0 Å². The number of allylic oxidation sites excluding steroid dienone is 4. The molecular formula is C17H19ClZr. The summed E-state index contributed by atoms with van der Waals surface area (Å²) in [4.78, 5) is 0. The van der Waals surface area contributed by atoms with Gasteiger partial charge in [0, 0.05) is 0 Å². The fourth-order valence-corrected chi connectivity index (χ4v) is 1.41. The molecule has 0 aromatic heterocycles. The topological polar surface area (TPSA) is 0 Å². The van der Waals surface area contributed by atoms with E-state index in [1.165, 1.54) is 14.0 Å². The number of hydrogen-bond acceptors (Lipinski definition) is 0. The zero-order valence-electron chi connectivity index (χ0n) is 11.4. The van der Waals surface area contributed by atoms with Crippen molar-refractivity contribution in [2.75, 3.05) is 0 Å². The monoisotopic (exact) mass is 348 g/mol. The first kappa shape index (κ1) is 18.4. The number of rotatable bonds is 0. The van der Waals surface area contributed by atoms with Crippen LogP contribution in [0.2, 0.25) is 0 Å². The zero-order chi connectivity index (χ0) is 13.2. The summed E-state index contributed by atoms with van der Waals surface area (Å²) in [6.07, 6.45) is 10.0. The molecule has 0 N–H and O–H groups in total. The van der Waals surface area contributed by atoms with Gasteiger partial charge in [0.2, 0.25) is 0 Å². The zero-order valence-corrected chi connectivity index (χ0v) is 14.7. The van der Waals surface area contributed by atoms with Crippen molar-refractivity contribution in [3.05, 3.63) is 66.8 Å². The molecule has 0 aliphatic heterocycles. The molecule has 2 aromatic rings. The molecule has 0 heterocycles. The van der Waals surface area contributed by atoms with E-state index in [0.717, 1.165) is 6.42 Å². The minimum absolute atomic E-state index is 0. The smallest absolute Gasteiger partial charge is 0.0809 e.